The molecule has 0 radical (unpaired) electrons. The second-order valence-corrected chi connectivity index (χ2v) is 2.68. The number of aliphatic hydroxyl groups is 1. The topological polar surface area (TPSA) is 96.5 Å². The highest BCUT2D eigenvalue weighted by Crippen LogP contribution is 2.05. The van der Waals surface area contributed by atoms with Gasteiger partial charge >= 0.3 is 0 Å². The summed E-state index contributed by atoms with van der Waals surface area (Å²) < 4.78 is 0. The van der Waals surface area contributed by atoms with Crippen LogP contribution in [0, 0.1) is 22.7 Å². The average molecular weight is 176 g/mol. The molecule has 0 aliphatic carbocycles. The summed E-state index contributed by atoms with van der Waals surface area (Å²) >= 11 is 0. The minimum atomic E-state index is -0.538. The molecule has 0 saturated heterocycles. The number of aliphatic hydroxyl groups excluding tert-OH is 1. The molecule has 1 rings (SSSR count). The van der Waals surface area contributed by atoms with Gasteiger partial charge in [0, 0.05) is 6.42 Å². The van der Waals surface area contributed by atoms with Gasteiger partial charge in [0.2, 0.25) is 0 Å². The van der Waals surface area contributed by atoms with Gasteiger partial charge in [0.1, 0.15) is 18.0 Å². The maximum absolute atomic E-state index is 9.03. The van der Waals surface area contributed by atoms with E-state index in [0.717, 1.165) is 0 Å². The Morgan fingerprint density at radius 2 is 2.23 bits per heavy atom. The number of nitrogens with one attached hydrogen (secondary N) is 1. The van der Waals surface area contributed by atoms with Gasteiger partial charge in [0.25, 0.3) is 0 Å². The largest absolute Gasteiger partial charge is 0.393 e. The first kappa shape index (κ1) is 9.24. The van der Waals surface area contributed by atoms with E-state index < -0.39 is 6.10 Å². The van der Waals surface area contributed by atoms with Crippen LogP contribution in [-0.2, 0) is 6.42 Å². The molecule has 0 amide bonds. The van der Waals surface area contributed by atoms with Crippen LogP contribution in [0.15, 0.2) is 0 Å². The highest BCUT2D eigenvalue weighted by atomic mass is 16.3. The van der Waals surface area contributed by atoms with Crippen molar-refractivity contribution < 1.29 is 5.11 Å². The molecule has 66 valence electrons. The lowest BCUT2D eigenvalue weighted by Gasteiger charge is -1.97. The van der Waals surface area contributed by atoms with Gasteiger partial charge in [-0.2, -0.15) is 10.5 Å². The summed E-state index contributed by atoms with van der Waals surface area (Å²) in [6, 6.07) is 3.61. The van der Waals surface area contributed by atoms with Crippen LogP contribution in [0.25, 0.3) is 0 Å². The first-order valence-corrected chi connectivity index (χ1v) is 3.74. The quantitative estimate of drug-likeness (QED) is 0.666. The standard InChI is InChI=1S/C8H8N4O/c1-5(13)2-8-11-6(3-9)7(4-10)12-8/h5,13H,2H2,1H3,(H,11,12). The van der Waals surface area contributed by atoms with Crippen LogP contribution in [0.3, 0.4) is 0 Å². The first-order valence-electron chi connectivity index (χ1n) is 3.74. The Bertz CT molecular complexity index is 348. The lowest BCUT2D eigenvalue weighted by molar-refractivity contribution is 0.193. The van der Waals surface area contributed by atoms with Crippen LogP contribution in [0.5, 0.6) is 0 Å². The van der Waals surface area contributed by atoms with E-state index >= 15 is 0 Å². The fraction of sp³-hybridized carbons (Fsp3) is 0.375. The van der Waals surface area contributed by atoms with Crippen molar-refractivity contribution in [2.45, 2.75) is 19.4 Å². The monoisotopic (exact) mass is 176 g/mol. The third-order valence-electron chi connectivity index (χ3n) is 1.46. The van der Waals surface area contributed by atoms with E-state index in [-0.39, 0.29) is 11.4 Å². The molecule has 0 aromatic carbocycles. The molecule has 0 saturated carbocycles. The summed E-state index contributed by atoms with van der Waals surface area (Å²) in [5, 5.41) is 26.1. The number of hydrogen-bond acceptors (Lipinski definition) is 4. The zero-order chi connectivity index (χ0) is 9.84. The van der Waals surface area contributed by atoms with Crippen LogP contribution in [0.2, 0.25) is 0 Å². The number of nitrogens with zero attached hydrogens (tertiary/aromatic N) is 3. The zero-order valence-electron chi connectivity index (χ0n) is 7.07. The van der Waals surface area contributed by atoms with Gasteiger partial charge in [-0.3, -0.25) is 0 Å². The Morgan fingerprint density at radius 3 is 2.62 bits per heavy atom. The molecule has 13 heavy (non-hydrogen) atoms. The molecule has 0 spiro atoms. The van der Waals surface area contributed by atoms with Crippen molar-refractivity contribution in [3.63, 3.8) is 0 Å². The molecule has 0 bridgehead atoms. The molecule has 0 aliphatic heterocycles. The molecule has 0 fully saturated rings. The third kappa shape index (κ3) is 2.05. The van der Waals surface area contributed by atoms with Crippen molar-refractivity contribution in [3.05, 3.63) is 17.2 Å². The van der Waals surface area contributed by atoms with E-state index in [9.17, 15) is 0 Å². The molecule has 2 N–H and O–H groups in total. The molecule has 0 aliphatic rings. The molecule has 1 heterocycles. The minimum absolute atomic E-state index is 0.0816. The Kier molecular flexibility index (Phi) is 2.63. The summed E-state index contributed by atoms with van der Waals surface area (Å²) in [5.41, 5.74) is 0.233. The number of aromatic nitrogens is 2. The van der Waals surface area contributed by atoms with Crippen molar-refractivity contribution in [1.82, 2.24) is 9.97 Å². The predicted molar refractivity (Wildman–Crippen MR) is 43.4 cm³/mol. The highest BCUT2D eigenvalue weighted by molar-refractivity contribution is 5.36. The second kappa shape index (κ2) is 3.70. The Hall–Kier alpha value is -1.85. The SMILES string of the molecule is CC(O)Cc1nc(C#N)c(C#N)[nH]1. The van der Waals surface area contributed by atoms with Gasteiger partial charge in [-0.25, -0.2) is 4.98 Å². The van der Waals surface area contributed by atoms with Crippen molar-refractivity contribution in [2.24, 2.45) is 0 Å². The van der Waals surface area contributed by atoms with Gasteiger partial charge in [0.15, 0.2) is 11.4 Å². The first-order chi connectivity index (χ1) is 6.17. The lowest BCUT2D eigenvalue weighted by atomic mass is 10.3. The van der Waals surface area contributed by atoms with Crippen LogP contribution in [0.4, 0.5) is 0 Å². The Balaban J connectivity index is 2.97. The smallest absolute Gasteiger partial charge is 0.176 e. The molecule has 5 heteroatoms. The maximum atomic E-state index is 9.03. The van der Waals surface area contributed by atoms with E-state index in [4.69, 9.17) is 15.6 Å². The third-order valence-corrected chi connectivity index (χ3v) is 1.46. The van der Waals surface area contributed by atoms with Gasteiger partial charge in [0.05, 0.1) is 6.10 Å². The Labute approximate surface area is 75.3 Å². The van der Waals surface area contributed by atoms with E-state index in [1.165, 1.54) is 0 Å². The van der Waals surface area contributed by atoms with Gasteiger partial charge in [-0.1, -0.05) is 0 Å². The molecule has 1 unspecified atom stereocenters. The molecular weight excluding hydrogens is 168 g/mol. The molecule has 1 aromatic rings. The summed E-state index contributed by atoms with van der Waals surface area (Å²) in [4.78, 5) is 6.50. The van der Waals surface area contributed by atoms with E-state index in [1.54, 1.807) is 13.0 Å². The summed E-state index contributed by atoms with van der Waals surface area (Å²) in [6.07, 6.45) is -0.222. The van der Waals surface area contributed by atoms with Crippen molar-refractivity contribution in [2.75, 3.05) is 0 Å². The van der Waals surface area contributed by atoms with E-state index in [2.05, 4.69) is 9.97 Å². The van der Waals surface area contributed by atoms with Crippen molar-refractivity contribution in [3.8, 4) is 12.1 Å². The number of H-pyrrole nitrogens is 1. The van der Waals surface area contributed by atoms with Crippen molar-refractivity contribution in [1.29, 1.82) is 10.5 Å². The lowest BCUT2D eigenvalue weighted by Crippen LogP contribution is -2.05. The molecule has 1 aromatic heterocycles. The number of hydrogen-bond donors (Lipinski definition) is 2. The maximum Gasteiger partial charge on any atom is 0.176 e. The average Bonchev–Trinajstić information content (AvgIpc) is 2.45. The molecular formula is C8H8N4O. The number of aromatic amines is 1. The summed E-state index contributed by atoms with van der Waals surface area (Å²) in [7, 11) is 0. The van der Waals surface area contributed by atoms with Gasteiger partial charge in [-0.15, -0.1) is 0 Å². The minimum Gasteiger partial charge on any atom is -0.393 e. The van der Waals surface area contributed by atoms with Gasteiger partial charge < -0.3 is 10.1 Å². The molecule has 1 atom stereocenters. The van der Waals surface area contributed by atoms with Crippen LogP contribution in [0.1, 0.15) is 24.1 Å². The normalized spacial score (nSPS) is 11.7. The van der Waals surface area contributed by atoms with Crippen LogP contribution < -0.4 is 0 Å². The van der Waals surface area contributed by atoms with Gasteiger partial charge in [-0.05, 0) is 6.92 Å². The second-order valence-electron chi connectivity index (χ2n) is 2.68. The number of imidazole rings is 1. The fourth-order valence-electron chi connectivity index (χ4n) is 0.961. The summed E-state index contributed by atoms with van der Waals surface area (Å²) in [5.74, 6) is 0.461. The fourth-order valence-corrected chi connectivity index (χ4v) is 0.961. The predicted octanol–water partition coefficient (Wildman–Crippen LogP) is 0.0764. The number of rotatable bonds is 2. The number of nitriles is 2. The van der Waals surface area contributed by atoms with Crippen LogP contribution in [-0.4, -0.2) is 21.2 Å². The van der Waals surface area contributed by atoms with Crippen LogP contribution >= 0.6 is 0 Å². The highest BCUT2D eigenvalue weighted by Gasteiger charge is 2.10. The van der Waals surface area contributed by atoms with Crippen molar-refractivity contribution >= 4 is 0 Å². The summed E-state index contributed by atoms with van der Waals surface area (Å²) in [6.45, 7) is 1.61. The van der Waals surface area contributed by atoms with E-state index in [0.29, 0.717) is 12.2 Å². The Morgan fingerprint density at radius 1 is 1.54 bits per heavy atom. The zero-order valence-corrected chi connectivity index (χ0v) is 7.07. The molecule has 5 nitrogen and oxygen atoms in total. The van der Waals surface area contributed by atoms with E-state index in [1.807, 2.05) is 6.07 Å².